The number of ether oxygens (including phenoxy) is 3. The van der Waals surface area contributed by atoms with Crippen molar-refractivity contribution in [3.63, 3.8) is 0 Å². The number of aromatic amines is 1. The lowest BCUT2D eigenvalue weighted by Crippen LogP contribution is -2.40. The zero-order chi connectivity index (χ0) is 22.5. The number of benzene rings is 1. The van der Waals surface area contributed by atoms with Crippen LogP contribution in [0.15, 0.2) is 51.2 Å². The van der Waals surface area contributed by atoms with E-state index in [2.05, 4.69) is 15.0 Å². The summed E-state index contributed by atoms with van der Waals surface area (Å²) in [6, 6.07) is 7.12. The number of hydrogen-bond acceptors (Lipinski definition) is 8. The number of rotatable bonds is 6. The van der Waals surface area contributed by atoms with Crippen molar-refractivity contribution >= 4 is 11.9 Å². The summed E-state index contributed by atoms with van der Waals surface area (Å²) >= 11 is 0. The number of esters is 2. The molecule has 0 aliphatic carbocycles. The van der Waals surface area contributed by atoms with Gasteiger partial charge >= 0.3 is 17.6 Å². The molecule has 12 nitrogen and oxygen atoms in total. The van der Waals surface area contributed by atoms with Crippen LogP contribution in [0.5, 0.6) is 0 Å². The maximum atomic E-state index is 12.3. The van der Waals surface area contributed by atoms with Crippen molar-refractivity contribution in [3.8, 4) is 0 Å². The molecular weight excluding hydrogens is 410 g/mol. The van der Waals surface area contributed by atoms with Gasteiger partial charge in [0.1, 0.15) is 18.8 Å². The van der Waals surface area contributed by atoms with Gasteiger partial charge in [-0.25, -0.2) is 9.59 Å². The predicted octanol–water partition coefficient (Wildman–Crippen LogP) is 1.21. The Balaban J connectivity index is 1.91. The monoisotopic (exact) mass is 429 g/mol. The first-order valence-electron chi connectivity index (χ1n) is 9.23. The van der Waals surface area contributed by atoms with E-state index in [0.717, 1.165) is 11.5 Å². The molecule has 0 saturated carbocycles. The van der Waals surface area contributed by atoms with Crippen molar-refractivity contribution < 1.29 is 23.8 Å². The summed E-state index contributed by atoms with van der Waals surface area (Å²) in [6.45, 7) is 2.30. The van der Waals surface area contributed by atoms with Gasteiger partial charge in [-0.3, -0.25) is 19.1 Å². The summed E-state index contributed by atoms with van der Waals surface area (Å²) in [5, 5.41) is 3.64. The molecule has 1 aromatic carbocycles. The highest BCUT2D eigenvalue weighted by Gasteiger charge is 2.48. The van der Waals surface area contributed by atoms with Crippen LogP contribution in [0.25, 0.3) is 10.4 Å². The Morgan fingerprint density at radius 1 is 1.29 bits per heavy atom. The lowest BCUT2D eigenvalue weighted by molar-refractivity contribution is -0.153. The van der Waals surface area contributed by atoms with Gasteiger partial charge in [0.15, 0.2) is 12.3 Å². The van der Waals surface area contributed by atoms with Crippen LogP contribution < -0.4 is 11.2 Å². The van der Waals surface area contributed by atoms with Gasteiger partial charge in [-0.1, -0.05) is 23.3 Å². The fraction of sp³-hybridized carbons (Fsp3) is 0.368. The summed E-state index contributed by atoms with van der Waals surface area (Å²) in [7, 11) is 0. The molecule has 1 fully saturated rings. The van der Waals surface area contributed by atoms with Gasteiger partial charge in [-0.15, -0.1) is 0 Å². The molecular formula is C19H19N5O7. The zero-order valence-electron chi connectivity index (χ0n) is 16.6. The van der Waals surface area contributed by atoms with Gasteiger partial charge < -0.3 is 14.2 Å². The number of carbonyl (C=O) groups is 2. The number of aryl methyl sites for hydroxylation is 1. The number of azide groups is 1. The topological polar surface area (TPSA) is 165 Å². The summed E-state index contributed by atoms with van der Waals surface area (Å²) in [5.41, 5.74) is 8.11. The summed E-state index contributed by atoms with van der Waals surface area (Å²) in [6.07, 6.45) is -2.19. The molecule has 1 aliphatic heterocycles. The molecule has 12 heteroatoms. The average Bonchev–Trinajstić information content (AvgIpc) is 3.06. The van der Waals surface area contributed by atoms with E-state index < -0.39 is 47.7 Å². The van der Waals surface area contributed by atoms with Crippen LogP contribution in [0.3, 0.4) is 0 Å². The van der Waals surface area contributed by atoms with E-state index in [1.165, 1.54) is 13.1 Å². The lowest BCUT2D eigenvalue weighted by atomic mass is 10.1. The predicted molar refractivity (Wildman–Crippen MR) is 105 cm³/mol. The van der Waals surface area contributed by atoms with Gasteiger partial charge in [-0.2, -0.15) is 0 Å². The molecule has 2 aromatic rings. The molecule has 0 radical (unpaired) electrons. The van der Waals surface area contributed by atoms with Crippen LogP contribution in [0.1, 0.15) is 29.1 Å². The van der Waals surface area contributed by atoms with Crippen molar-refractivity contribution in [2.45, 2.75) is 38.3 Å². The van der Waals surface area contributed by atoms with E-state index >= 15 is 0 Å². The van der Waals surface area contributed by atoms with Gasteiger partial charge in [0, 0.05) is 23.6 Å². The van der Waals surface area contributed by atoms with E-state index in [0.29, 0.717) is 5.56 Å². The molecule has 1 N–H and O–H groups in total. The molecule has 4 atom stereocenters. The quantitative estimate of drug-likeness (QED) is 0.312. The first kappa shape index (κ1) is 21.8. The van der Waals surface area contributed by atoms with E-state index in [4.69, 9.17) is 19.7 Å². The third-order valence-corrected chi connectivity index (χ3v) is 4.61. The standard InChI is InChI=1S/C19H19N5O7/c1-10-8-24(19(28)21-16(10)26)17-15(30-11(2)25)14(22-23-20)13(31-17)9-29-18(27)12-6-4-3-5-7-12/h3-8,13-15,17H,9H2,1-2H3,(H,21,26,28)/t13-,14-,15-,17-/m1/s1. The molecule has 0 unspecified atom stereocenters. The normalized spacial score (nSPS) is 22.4. The number of carbonyl (C=O) groups excluding carboxylic acids is 2. The lowest BCUT2D eigenvalue weighted by Gasteiger charge is -2.22. The molecule has 1 aromatic heterocycles. The van der Waals surface area contributed by atoms with Crippen molar-refractivity contribution in [1.29, 1.82) is 0 Å². The highest BCUT2D eigenvalue weighted by molar-refractivity contribution is 5.89. The third-order valence-electron chi connectivity index (χ3n) is 4.61. The van der Waals surface area contributed by atoms with E-state index in [1.54, 1.807) is 30.3 Å². The minimum atomic E-state index is -1.22. The van der Waals surface area contributed by atoms with Gasteiger partial charge in [0.05, 0.1) is 5.56 Å². The smallest absolute Gasteiger partial charge is 0.338 e. The molecule has 1 saturated heterocycles. The Morgan fingerprint density at radius 3 is 2.65 bits per heavy atom. The molecule has 1 aliphatic rings. The van der Waals surface area contributed by atoms with Crippen molar-refractivity contribution in [2.24, 2.45) is 5.11 Å². The Hall–Kier alpha value is -3.89. The Bertz CT molecular complexity index is 1140. The van der Waals surface area contributed by atoms with Crippen LogP contribution in [0.2, 0.25) is 0 Å². The molecule has 3 rings (SSSR count). The fourth-order valence-corrected chi connectivity index (χ4v) is 3.19. The van der Waals surface area contributed by atoms with Crippen molar-refractivity contribution in [3.05, 3.63) is 78.9 Å². The molecule has 0 bridgehead atoms. The molecule has 162 valence electrons. The van der Waals surface area contributed by atoms with E-state index in [-0.39, 0.29) is 12.2 Å². The summed E-state index contributed by atoms with van der Waals surface area (Å²) in [5.74, 6) is -1.33. The number of hydrogen-bond donors (Lipinski definition) is 1. The Morgan fingerprint density at radius 2 is 2.00 bits per heavy atom. The molecule has 0 spiro atoms. The third kappa shape index (κ3) is 4.82. The molecule has 2 heterocycles. The summed E-state index contributed by atoms with van der Waals surface area (Å²) in [4.78, 5) is 52.8. The van der Waals surface area contributed by atoms with Gasteiger partial charge in [-0.05, 0) is 24.6 Å². The fourth-order valence-electron chi connectivity index (χ4n) is 3.19. The summed E-state index contributed by atoms with van der Waals surface area (Å²) < 4.78 is 17.4. The Labute approximate surface area is 175 Å². The Kier molecular flexibility index (Phi) is 6.53. The molecule has 31 heavy (non-hydrogen) atoms. The maximum Gasteiger partial charge on any atom is 0.338 e. The van der Waals surface area contributed by atoms with Gasteiger partial charge in [0.2, 0.25) is 0 Å². The highest BCUT2D eigenvalue weighted by Crippen LogP contribution is 2.33. The number of nitrogens with zero attached hydrogens (tertiary/aromatic N) is 4. The minimum Gasteiger partial charge on any atom is -0.459 e. The van der Waals surface area contributed by atoms with Crippen LogP contribution in [0, 0.1) is 6.92 Å². The van der Waals surface area contributed by atoms with Crippen molar-refractivity contribution in [1.82, 2.24) is 9.55 Å². The van der Waals surface area contributed by atoms with Crippen molar-refractivity contribution in [2.75, 3.05) is 6.61 Å². The van der Waals surface area contributed by atoms with Crippen LogP contribution in [-0.2, 0) is 19.0 Å². The van der Waals surface area contributed by atoms with Gasteiger partial charge in [0.25, 0.3) is 5.56 Å². The maximum absolute atomic E-state index is 12.3. The molecule has 0 amide bonds. The minimum absolute atomic E-state index is 0.212. The second kappa shape index (κ2) is 9.28. The average molecular weight is 429 g/mol. The largest absolute Gasteiger partial charge is 0.459 e. The second-order valence-corrected chi connectivity index (χ2v) is 6.78. The van der Waals surface area contributed by atoms with E-state index in [9.17, 15) is 19.2 Å². The first-order chi connectivity index (χ1) is 14.8. The highest BCUT2D eigenvalue weighted by atomic mass is 16.6. The van der Waals surface area contributed by atoms with E-state index in [1.807, 2.05) is 0 Å². The van der Waals surface area contributed by atoms with Crippen LogP contribution in [0.4, 0.5) is 0 Å². The second-order valence-electron chi connectivity index (χ2n) is 6.78. The SMILES string of the molecule is CC(=O)O[C@@H]1[C@H](N=[N+]=[N-])[C@@H](COC(=O)c2ccccc2)O[C@H]1n1cc(C)c(=O)[nH]c1=O. The zero-order valence-corrected chi connectivity index (χ0v) is 16.6. The van der Waals surface area contributed by atoms with Crippen LogP contribution in [-0.4, -0.2) is 46.3 Å². The van der Waals surface area contributed by atoms with Crippen LogP contribution >= 0.6 is 0 Å². The number of nitrogens with one attached hydrogen (secondary N) is 1. The number of aromatic nitrogens is 2. The number of H-pyrrole nitrogens is 1. The first-order valence-corrected chi connectivity index (χ1v) is 9.23.